The molecule has 7 nitrogen and oxygen atoms in total. The van der Waals surface area contributed by atoms with Crippen LogP contribution in [0.4, 0.5) is 5.69 Å². The van der Waals surface area contributed by atoms with Gasteiger partial charge in [-0.3, -0.25) is 0 Å². The van der Waals surface area contributed by atoms with Crippen molar-refractivity contribution in [2.24, 2.45) is 0 Å². The van der Waals surface area contributed by atoms with E-state index in [2.05, 4.69) is 73.6 Å². The van der Waals surface area contributed by atoms with Crippen LogP contribution < -0.4 is 33.5 Å². The quantitative estimate of drug-likeness (QED) is 0.384. The van der Waals surface area contributed by atoms with Crippen molar-refractivity contribution >= 4 is 27.2 Å². The van der Waals surface area contributed by atoms with Gasteiger partial charge in [-0.1, -0.05) is 0 Å². The Hall–Kier alpha value is -1.81. The average Bonchev–Trinajstić information content (AvgIpc) is 2.67. The molecule has 1 aromatic rings. The molecule has 0 atom stereocenters. The number of fused-ring (bicyclic) bond motifs is 2. The average molecular weight is 440 g/mol. The van der Waals surface area contributed by atoms with Crippen molar-refractivity contribution in [3.8, 4) is 10.6 Å². The zero-order chi connectivity index (χ0) is 21.6. The predicted molar refractivity (Wildman–Crippen MR) is 106 cm³/mol. The Kier molecular flexibility index (Phi) is 8.33. The summed E-state index contributed by atoms with van der Waals surface area (Å²) in [6.45, 7) is 12.9. The third-order valence-electron chi connectivity index (χ3n) is 4.60. The second-order valence-corrected chi connectivity index (χ2v) is 8.08. The minimum absolute atomic E-state index is 1.03. The Bertz CT molecular complexity index is 971. The summed E-state index contributed by atoms with van der Waals surface area (Å²) in [7, 11) is -4.94. The van der Waals surface area contributed by atoms with E-state index < -0.39 is 10.2 Å². The van der Waals surface area contributed by atoms with Gasteiger partial charge in [0.15, 0.2) is 0 Å². The molecular formula is C20H26ClN3O4S. The van der Waals surface area contributed by atoms with E-state index in [9.17, 15) is 0 Å². The summed E-state index contributed by atoms with van der Waals surface area (Å²) in [6, 6.07) is 13.2. The van der Waals surface area contributed by atoms with Gasteiger partial charge < -0.3 is 4.90 Å². The van der Waals surface area contributed by atoms with E-state index in [1.54, 1.807) is 0 Å². The van der Waals surface area contributed by atoms with E-state index in [0.717, 1.165) is 37.4 Å². The van der Waals surface area contributed by atoms with Crippen LogP contribution in [-0.2, 0) is 0 Å². The normalized spacial score (nSPS) is 11.3. The van der Waals surface area contributed by atoms with E-state index in [4.69, 9.17) is 23.6 Å². The Morgan fingerprint density at radius 3 is 2.10 bits per heavy atom. The van der Waals surface area contributed by atoms with Crippen LogP contribution in [0.2, 0.25) is 0 Å². The highest BCUT2D eigenvalue weighted by molar-refractivity contribution is 7.21. The topological polar surface area (TPSA) is 111 Å². The highest BCUT2D eigenvalue weighted by Gasteiger charge is 2.11. The van der Waals surface area contributed by atoms with Gasteiger partial charge in [0, 0.05) is 30.9 Å². The van der Waals surface area contributed by atoms with Gasteiger partial charge in [-0.15, -0.1) is 21.6 Å². The van der Waals surface area contributed by atoms with E-state index in [0.29, 0.717) is 0 Å². The van der Waals surface area contributed by atoms with Gasteiger partial charge in [0.2, 0.25) is 5.36 Å². The fourth-order valence-corrected chi connectivity index (χ4v) is 4.21. The first-order valence-corrected chi connectivity index (χ1v) is 11.5. The number of benzene rings is 2. The molecule has 29 heavy (non-hydrogen) atoms. The molecule has 0 amide bonds. The van der Waals surface area contributed by atoms with Crippen LogP contribution in [0, 0.1) is 10.2 Å². The molecule has 0 bridgehead atoms. The number of hydrogen-bond donors (Lipinski definition) is 0. The molecule has 0 fully saturated rings. The molecule has 1 aromatic carbocycles. The highest BCUT2D eigenvalue weighted by atomic mass is 35.7. The van der Waals surface area contributed by atoms with Gasteiger partial charge in [0.05, 0.1) is 20.8 Å². The molecule has 0 radical (unpaired) electrons. The Morgan fingerprint density at radius 2 is 1.55 bits per heavy atom. The first kappa shape index (κ1) is 23.5. The lowest BCUT2D eigenvalue weighted by Crippen LogP contribution is -2.68. The van der Waals surface area contributed by atoms with Gasteiger partial charge in [-0.25, -0.2) is 28.2 Å². The molecule has 3 rings (SSSR count). The Labute approximate surface area is 176 Å². The number of halogens is 1. The molecule has 0 aromatic heterocycles. The molecule has 2 aliphatic rings. The van der Waals surface area contributed by atoms with Gasteiger partial charge >= 0.3 is 0 Å². The largest absolute Gasteiger partial charge is 0.372 e. The second-order valence-electron chi connectivity index (χ2n) is 6.24. The van der Waals surface area contributed by atoms with E-state index in [1.807, 2.05) is 11.3 Å². The van der Waals surface area contributed by atoms with Crippen LogP contribution >= 0.6 is 11.3 Å². The summed E-state index contributed by atoms with van der Waals surface area (Å²) < 4.78 is 37.6. The summed E-state index contributed by atoms with van der Waals surface area (Å²) in [6.07, 6.45) is 0. The molecule has 0 saturated heterocycles. The van der Waals surface area contributed by atoms with E-state index in [1.165, 1.54) is 20.6 Å². The van der Waals surface area contributed by atoms with Crippen LogP contribution in [0.1, 0.15) is 27.7 Å². The number of nitrogens with zero attached hydrogens (tertiary/aromatic N) is 3. The minimum atomic E-state index is -4.94. The molecule has 0 N–H and O–H groups in total. The lowest BCUT2D eigenvalue weighted by molar-refractivity contribution is -2.00. The molecule has 158 valence electrons. The maximum atomic E-state index is 8.49. The summed E-state index contributed by atoms with van der Waals surface area (Å²) in [5.41, 5.74) is 3.45. The maximum absolute atomic E-state index is 8.49. The van der Waals surface area contributed by atoms with E-state index >= 15 is 0 Å². The lowest BCUT2D eigenvalue weighted by Gasteiger charge is -2.21. The van der Waals surface area contributed by atoms with Crippen molar-refractivity contribution in [3.05, 3.63) is 41.8 Å². The molecule has 9 heteroatoms. The predicted octanol–water partition coefficient (Wildman–Crippen LogP) is -0.697. The van der Waals surface area contributed by atoms with Crippen molar-refractivity contribution in [2.45, 2.75) is 27.7 Å². The van der Waals surface area contributed by atoms with Crippen LogP contribution in [0.3, 0.4) is 0 Å². The first-order valence-electron chi connectivity index (χ1n) is 9.49. The fourth-order valence-electron chi connectivity index (χ4n) is 3.17. The molecule has 1 heterocycles. The SMILES string of the molecule is CCN(CC)c1ccc2nc3ccc(=[N+](CC)CC)cc-3sc2c1.[O-][Cl+3]([O-])([O-])[O-]. The molecule has 1 aliphatic carbocycles. The van der Waals surface area contributed by atoms with Crippen molar-refractivity contribution in [2.75, 3.05) is 31.1 Å². The maximum Gasteiger partial charge on any atom is 0.201 e. The molecular weight excluding hydrogens is 414 g/mol. The van der Waals surface area contributed by atoms with Gasteiger partial charge in [0.25, 0.3) is 0 Å². The van der Waals surface area contributed by atoms with E-state index in [-0.39, 0.29) is 0 Å². The zero-order valence-corrected chi connectivity index (χ0v) is 18.6. The smallest absolute Gasteiger partial charge is 0.201 e. The highest BCUT2D eigenvalue weighted by Crippen LogP contribution is 2.31. The molecule has 0 unspecified atom stereocenters. The third kappa shape index (κ3) is 6.60. The minimum Gasteiger partial charge on any atom is -0.372 e. The first-order chi connectivity index (χ1) is 13.7. The number of hydrogen-bond acceptors (Lipinski definition) is 7. The van der Waals surface area contributed by atoms with Crippen LogP contribution in [-0.4, -0.2) is 31.2 Å². The summed E-state index contributed by atoms with van der Waals surface area (Å²) in [5.74, 6) is 0. The Balaban J connectivity index is 0.000000537. The zero-order valence-electron chi connectivity index (χ0n) is 17.1. The third-order valence-corrected chi connectivity index (χ3v) is 5.70. The van der Waals surface area contributed by atoms with Gasteiger partial charge in [-0.2, -0.15) is 0 Å². The van der Waals surface area contributed by atoms with Crippen LogP contribution in [0.5, 0.6) is 0 Å². The second kappa shape index (κ2) is 10.3. The van der Waals surface area contributed by atoms with Gasteiger partial charge in [-0.05, 0) is 52.0 Å². The lowest BCUT2D eigenvalue weighted by atomic mass is 10.2. The fraction of sp³-hybridized carbons (Fsp3) is 0.400. The summed E-state index contributed by atoms with van der Waals surface area (Å²) in [4.78, 5) is 8.49. The van der Waals surface area contributed by atoms with Crippen molar-refractivity contribution in [3.63, 3.8) is 0 Å². The Morgan fingerprint density at radius 1 is 0.931 bits per heavy atom. The number of aromatic nitrogens is 1. The molecule has 1 aliphatic heterocycles. The van der Waals surface area contributed by atoms with Crippen LogP contribution in [0.25, 0.3) is 20.8 Å². The number of anilines is 1. The summed E-state index contributed by atoms with van der Waals surface area (Å²) >= 11 is 1.84. The van der Waals surface area contributed by atoms with Crippen LogP contribution in [0.15, 0.2) is 36.4 Å². The molecule has 0 spiro atoms. The van der Waals surface area contributed by atoms with Gasteiger partial charge in [0.1, 0.15) is 13.1 Å². The standard InChI is InChI=1S/C20H26N3S.ClHO4/c1-5-22(6-2)15-9-11-17-19(13-15)24-20-14-16(23(7-3)8-4)10-12-18(20)21-17;2-1(3,4)5/h9-14H,5-8H2,1-4H3;(H,2,3,4,5)/q+1;/p-1. The monoisotopic (exact) mass is 439 g/mol. The van der Waals surface area contributed by atoms with Crippen molar-refractivity contribution in [1.82, 2.24) is 9.56 Å². The molecule has 0 saturated carbocycles. The van der Waals surface area contributed by atoms with Crippen molar-refractivity contribution < 1.29 is 28.9 Å². The van der Waals surface area contributed by atoms with Crippen molar-refractivity contribution in [1.29, 1.82) is 0 Å². The summed E-state index contributed by atoms with van der Waals surface area (Å²) in [5, 5.41) is 1.28. The number of rotatable bonds is 5.